The molecule has 2 aromatic heterocycles. The Labute approximate surface area is 166 Å². The largest absolute Gasteiger partial charge is 0.503 e. The van der Waals surface area contributed by atoms with E-state index in [1.807, 2.05) is 17.5 Å². The normalized spacial score (nSPS) is 15.8. The summed E-state index contributed by atoms with van der Waals surface area (Å²) in [6.07, 6.45) is 0. The molecular weight excluding hydrogens is 432 g/mol. The number of phenolic OH excluding ortho intramolecular Hbond substituents is 1. The molecule has 0 fully saturated rings. The number of aromatic hydroxyl groups is 1. The number of methoxy groups -OCH3 is 1. The Morgan fingerprint density at radius 1 is 1.48 bits per heavy atom. The smallest absolute Gasteiger partial charge is 0.244 e. The second-order valence-corrected chi connectivity index (χ2v) is 7.58. The van der Waals surface area contributed by atoms with Crippen molar-refractivity contribution in [1.82, 2.24) is 10.2 Å². The first-order valence-corrected chi connectivity index (χ1v) is 9.48. The van der Waals surface area contributed by atoms with Crippen LogP contribution >= 0.6 is 27.3 Å². The molecule has 0 saturated heterocycles. The van der Waals surface area contributed by atoms with Gasteiger partial charge in [0.2, 0.25) is 11.8 Å². The lowest BCUT2D eigenvalue weighted by molar-refractivity contribution is 0.369. The number of fused-ring (bicyclic) bond motifs is 1. The molecule has 1 aromatic carbocycles. The molecule has 1 atom stereocenters. The van der Waals surface area contributed by atoms with Gasteiger partial charge in [-0.05, 0) is 45.1 Å². The first-order valence-electron chi connectivity index (χ1n) is 7.81. The molecule has 4 rings (SSSR count). The lowest BCUT2D eigenvalue weighted by Gasteiger charge is -2.24. The molecule has 1 unspecified atom stereocenters. The zero-order valence-electron chi connectivity index (χ0n) is 14.0. The highest BCUT2D eigenvalue weighted by molar-refractivity contribution is 9.10. The minimum Gasteiger partial charge on any atom is -0.503 e. The summed E-state index contributed by atoms with van der Waals surface area (Å²) in [6.45, 7) is 0. The number of aromatic amines is 1. The quantitative estimate of drug-likeness (QED) is 0.564. The summed E-state index contributed by atoms with van der Waals surface area (Å²) in [6, 6.07) is 9.44. The molecule has 136 valence electrons. The number of aromatic nitrogens is 2. The monoisotopic (exact) mass is 444 g/mol. The van der Waals surface area contributed by atoms with Gasteiger partial charge in [-0.3, -0.25) is 5.10 Å². The van der Waals surface area contributed by atoms with Crippen LogP contribution in [0.15, 0.2) is 45.6 Å². The van der Waals surface area contributed by atoms with Crippen LogP contribution in [0.3, 0.4) is 0 Å². The summed E-state index contributed by atoms with van der Waals surface area (Å²) in [4.78, 5) is 0.958. The molecule has 0 bridgehead atoms. The first-order chi connectivity index (χ1) is 13.0. The van der Waals surface area contributed by atoms with Gasteiger partial charge in [-0.25, -0.2) is 0 Å². The number of rotatable bonds is 3. The fourth-order valence-corrected chi connectivity index (χ4v) is 4.30. The molecule has 0 spiro atoms. The second-order valence-electron chi connectivity index (χ2n) is 5.77. The number of allylic oxidation sites excluding steroid dienone is 1. The number of nitrogens with one attached hydrogen (secondary N) is 1. The zero-order chi connectivity index (χ0) is 19.1. The van der Waals surface area contributed by atoms with E-state index in [2.05, 4.69) is 32.2 Å². The molecular formula is C18H13BrN4O3S. The highest BCUT2D eigenvalue weighted by atomic mass is 79.9. The van der Waals surface area contributed by atoms with E-state index in [0.29, 0.717) is 21.5 Å². The first kappa shape index (κ1) is 17.5. The van der Waals surface area contributed by atoms with Crippen molar-refractivity contribution in [2.24, 2.45) is 5.73 Å². The number of benzene rings is 1. The van der Waals surface area contributed by atoms with Crippen molar-refractivity contribution in [3.8, 4) is 34.0 Å². The van der Waals surface area contributed by atoms with Crippen LogP contribution in [-0.2, 0) is 0 Å². The summed E-state index contributed by atoms with van der Waals surface area (Å²) in [5.41, 5.74) is 8.43. The van der Waals surface area contributed by atoms with Gasteiger partial charge in [-0.1, -0.05) is 6.07 Å². The fourth-order valence-electron chi connectivity index (χ4n) is 3.10. The molecule has 4 N–H and O–H groups in total. The standard InChI is InChI=1S/C18H13BrN4O3S/c1-25-11-6-8(5-10(19)16(11)24)13-9(7-20)17(21)26-18-14(13)15(22-23-18)12-3-2-4-27-12/h2-6,13,24H,21H2,1H3,(H,22,23). The number of thiophene rings is 1. The number of nitrogens with two attached hydrogens (primary N) is 1. The molecule has 1 aliphatic rings. The van der Waals surface area contributed by atoms with Crippen LogP contribution in [0.25, 0.3) is 10.6 Å². The van der Waals surface area contributed by atoms with Gasteiger partial charge in [0.25, 0.3) is 0 Å². The van der Waals surface area contributed by atoms with E-state index in [1.165, 1.54) is 7.11 Å². The third-order valence-electron chi connectivity index (χ3n) is 4.31. The topological polar surface area (TPSA) is 117 Å². The molecule has 0 saturated carbocycles. The summed E-state index contributed by atoms with van der Waals surface area (Å²) in [5.74, 6) is 0.0602. The number of halogens is 1. The van der Waals surface area contributed by atoms with Gasteiger partial charge in [-0.2, -0.15) is 5.26 Å². The Hall–Kier alpha value is -2.96. The Balaban J connectivity index is 1.99. The summed E-state index contributed by atoms with van der Waals surface area (Å²) in [5, 5.41) is 29.1. The third-order valence-corrected chi connectivity index (χ3v) is 5.80. The van der Waals surface area contributed by atoms with E-state index >= 15 is 0 Å². The number of hydrogen-bond donors (Lipinski definition) is 3. The van der Waals surface area contributed by atoms with Crippen molar-refractivity contribution < 1.29 is 14.6 Å². The Kier molecular flexibility index (Phi) is 4.30. The second kappa shape index (κ2) is 6.64. The third kappa shape index (κ3) is 2.74. The van der Waals surface area contributed by atoms with Crippen LogP contribution in [0.2, 0.25) is 0 Å². The average molecular weight is 445 g/mol. The molecule has 0 radical (unpaired) electrons. The van der Waals surface area contributed by atoms with Gasteiger partial charge in [-0.15, -0.1) is 16.4 Å². The minimum absolute atomic E-state index is 0.00222. The predicted molar refractivity (Wildman–Crippen MR) is 104 cm³/mol. The summed E-state index contributed by atoms with van der Waals surface area (Å²) in [7, 11) is 1.46. The lowest BCUT2D eigenvalue weighted by Crippen LogP contribution is -2.21. The Morgan fingerprint density at radius 2 is 2.30 bits per heavy atom. The van der Waals surface area contributed by atoms with Crippen molar-refractivity contribution in [2.75, 3.05) is 7.11 Å². The van der Waals surface area contributed by atoms with E-state index in [-0.39, 0.29) is 23.0 Å². The van der Waals surface area contributed by atoms with E-state index in [0.717, 1.165) is 10.6 Å². The number of H-pyrrole nitrogens is 1. The van der Waals surface area contributed by atoms with Gasteiger partial charge in [0.1, 0.15) is 11.6 Å². The highest BCUT2D eigenvalue weighted by Crippen LogP contribution is 2.48. The lowest BCUT2D eigenvalue weighted by atomic mass is 9.83. The maximum absolute atomic E-state index is 10.1. The van der Waals surface area contributed by atoms with Crippen molar-refractivity contribution in [3.05, 3.63) is 56.7 Å². The molecule has 0 amide bonds. The average Bonchev–Trinajstić information content (AvgIpc) is 3.32. The van der Waals surface area contributed by atoms with Crippen molar-refractivity contribution >= 4 is 27.3 Å². The Bertz CT molecular complexity index is 1100. The van der Waals surface area contributed by atoms with Gasteiger partial charge in [0.15, 0.2) is 11.5 Å². The van der Waals surface area contributed by atoms with E-state index in [4.69, 9.17) is 15.2 Å². The van der Waals surface area contributed by atoms with Gasteiger partial charge in [0.05, 0.1) is 33.6 Å². The van der Waals surface area contributed by atoms with Crippen molar-refractivity contribution in [3.63, 3.8) is 0 Å². The minimum atomic E-state index is -0.527. The molecule has 1 aliphatic heterocycles. The molecule has 7 nitrogen and oxygen atoms in total. The van der Waals surface area contributed by atoms with E-state index < -0.39 is 5.92 Å². The SMILES string of the molecule is COc1cc(C2C(C#N)=C(N)Oc3n[nH]c(-c4cccs4)c32)cc(Br)c1O. The van der Waals surface area contributed by atoms with Gasteiger partial charge < -0.3 is 20.3 Å². The molecule has 27 heavy (non-hydrogen) atoms. The molecule has 9 heteroatoms. The van der Waals surface area contributed by atoms with Gasteiger partial charge >= 0.3 is 0 Å². The van der Waals surface area contributed by atoms with Crippen LogP contribution in [0.4, 0.5) is 0 Å². The molecule has 0 aliphatic carbocycles. The van der Waals surface area contributed by atoms with Crippen LogP contribution in [0.1, 0.15) is 17.0 Å². The van der Waals surface area contributed by atoms with Crippen LogP contribution < -0.4 is 15.2 Å². The predicted octanol–water partition coefficient (Wildman–Crippen LogP) is 3.83. The Morgan fingerprint density at radius 3 is 2.96 bits per heavy atom. The summed E-state index contributed by atoms with van der Waals surface area (Å²) >= 11 is 4.88. The van der Waals surface area contributed by atoms with Gasteiger partial charge in [0, 0.05) is 0 Å². The highest BCUT2D eigenvalue weighted by Gasteiger charge is 2.36. The van der Waals surface area contributed by atoms with Crippen LogP contribution in [0.5, 0.6) is 17.4 Å². The van der Waals surface area contributed by atoms with Crippen LogP contribution in [-0.4, -0.2) is 22.4 Å². The number of ether oxygens (including phenoxy) is 2. The molecule has 3 heterocycles. The van der Waals surface area contributed by atoms with Crippen molar-refractivity contribution in [1.29, 1.82) is 5.26 Å². The maximum Gasteiger partial charge on any atom is 0.244 e. The van der Waals surface area contributed by atoms with E-state index in [9.17, 15) is 10.4 Å². The van der Waals surface area contributed by atoms with E-state index in [1.54, 1.807) is 23.5 Å². The fraction of sp³-hybridized carbons (Fsp3) is 0.111. The number of phenols is 1. The number of nitrogens with zero attached hydrogens (tertiary/aromatic N) is 2. The van der Waals surface area contributed by atoms with Crippen LogP contribution in [0, 0.1) is 11.3 Å². The summed E-state index contributed by atoms with van der Waals surface area (Å²) < 4.78 is 11.3. The number of hydrogen-bond acceptors (Lipinski definition) is 7. The number of nitriles is 1. The van der Waals surface area contributed by atoms with Crippen molar-refractivity contribution in [2.45, 2.75) is 5.92 Å². The maximum atomic E-state index is 10.1. The molecule has 3 aromatic rings. The zero-order valence-corrected chi connectivity index (χ0v) is 16.4.